The van der Waals surface area contributed by atoms with E-state index in [0.717, 1.165) is 44.1 Å². The van der Waals surface area contributed by atoms with Gasteiger partial charge in [-0.2, -0.15) is 0 Å². The van der Waals surface area contributed by atoms with Gasteiger partial charge in [-0.3, -0.25) is 4.79 Å². The third kappa shape index (κ3) is 10.1. The molecule has 0 atom stereocenters. The average molecular weight is 369 g/mol. The van der Waals surface area contributed by atoms with Gasteiger partial charge in [0.05, 0.1) is 11.2 Å². The van der Waals surface area contributed by atoms with E-state index in [4.69, 9.17) is 4.74 Å². The van der Waals surface area contributed by atoms with E-state index in [2.05, 4.69) is 20.4 Å². The molecule has 0 radical (unpaired) electrons. The van der Waals surface area contributed by atoms with Crippen LogP contribution in [0.2, 0.25) is 0 Å². The van der Waals surface area contributed by atoms with Crippen LogP contribution < -0.4 is 0 Å². The highest BCUT2D eigenvalue weighted by Gasteiger charge is 2.28. The quantitative estimate of drug-likeness (QED) is 0.244. The Morgan fingerprint density at radius 3 is 1.81 bits per heavy atom. The molecule has 0 saturated heterocycles. The summed E-state index contributed by atoms with van der Waals surface area (Å²) in [6.07, 6.45) is 8.70. The van der Waals surface area contributed by atoms with Crippen LogP contribution in [0.3, 0.4) is 0 Å². The van der Waals surface area contributed by atoms with Crippen molar-refractivity contribution in [2.75, 3.05) is 0 Å². The molecule has 0 fully saturated rings. The van der Waals surface area contributed by atoms with Crippen molar-refractivity contribution in [1.29, 1.82) is 0 Å². The highest BCUT2D eigenvalue weighted by molar-refractivity contribution is 5.67. The molecule has 0 rings (SSSR count). The monoisotopic (exact) mass is 368 g/mol. The van der Waals surface area contributed by atoms with Crippen molar-refractivity contribution < 1.29 is 19.7 Å². The molecule has 26 heavy (non-hydrogen) atoms. The normalized spacial score (nSPS) is 13.0. The number of hydrogen-bond acceptors (Lipinski definition) is 4. The van der Waals surface area contributed by atoms with Crippen molar-refractivity contribution in [3.05, 3.63) is 24.0 Å². The average Bonchev–Trinajstić information content (AvgIpc) is 2.46. The molecule has 0 amide bonds. The summed E-state index contributed by atoms with van der Waals surface area (Å²) in [5.41, 5.74) is -0.916. The third-order valence-corrected chi connectivity index (χ3v) is 4.50. The molecule has 0 aliphatic heterocycles. The zero-order chi connectivity index (χ0) is 20.2. The van der Waals surface area contributed by atoms with Gasteiger partial charge in [0.2, 0.25) is 0 Å². The Morgan fingerprint density at radius 2 is 1.42 bits per heavy atom. The van der Waals surface area contributed by atoms with Gasteiger partial charge < -0.3 is 14.9 Å². The van der Waals surface area contributed by atoms with Gasteiger partial charge in [-0.25, -0.2) is 0 Å². The molecule has 0 aromatic carbocycles. The number of allylic oxidation sites excluding steroid dienone is 1. The maximum atomic E-state index is 11.5. The molecule has 4 heteroatoms. The maximum Gasteiger partial charge on any atom is 0.307 e. The second kappa shape index (κ2) is 12.3. The van der Waals surface area contributed by atoms with Crippen molar-refractivity contribution in [2.24, 2.45) is 0 Å². The topological polar surface area (TPSA) is 66.8 Å². The first-order chi connectivity index (χ1) is 12.1. The highest BCUT2D eigenvalue weighted by Crippen LogP contribution is 2.31. The molecule has 0 aromatic heterocycles. The number of carbonyl (C=O) groups is 1. The molecular weight excluding hydrogens is 328 g/mol. The van der Waals surface area contributed by atoms with Crippen LogP contribution in [0.25, 0.3) is 0 Å². The number of ether oxygens (including phenoxy) is 1. The van der Waals surface area contributed by atoms with E-state index in [-0.39, 0.29) is 0 Å². The number of hydrogen-bond donors (Lipinski definition) is 2. The van der Waals surface area contributed by atoms with E-state index in [1.807, 2.05) is 13.8 Å². The van der Waals surface area contributed by atoms with Gasteiger partial charge in [-0.1, -0.05) is 65.5 Å². The molecule has 0 aliphatic carbocycles. The van der Waals surface area contributed by atoms with Gasteiger partial charge in [0.25, 0.3) is 0 Å². The maximum absolute atomic E-state index is 11.5. The Bertz CT molecular complexity index is 453. The van der Waals surface area contributed by atoms with E-state index in [0.29, 0.717) is 31.4 Å². The van der Waals surface area contributed by atoms with Gasteiger partial charge in [0.1, 0.15) is 5.76 Å². The van der Waals surface area contributed by atoms with Crippen LogP contribution in [-0.2, 0) is 9.53 Å². The molecule has 0 bridgehead atoms. The van der Waals surface area contributed by atoms with Crippen molar-refractivity contribution in [3.8, 4) is 0 Å². The molecule has 4 nitrogen and oxygen atoms in total. The van der Waals surface area contributed by atoms with Gasteiger partial charge in [-0.05, 0) is 38.2 Å². The summed E-state index contributed by atoms with van der Waals surface area (Å²) in [6, 6.07) is 0. The minimum atomic E-state index is -0.975. The van der Waals surface area contributed by atoms with Crippen LogP contribution in [0, 0.1) is 0 Å². The summed E-state index contributed by atoms with van der Waals surface area (Å²) in [4.78, 5) is 11.5. The summed E-state index contributed by atoms with van der Waals surface area (Å²) in [6.45, 7) is 13.6. The zero-order valence-corrected chi connectivity index (χ0v) is 17.6. The minimum absolute atomic E-state index is 0.352. The molecule has 152 valence electrons. The second-order valence-corrected chi connectivity index (χ2v) is 7.64. The lowest BCUT2D eigenvalue weighted by Gasteiger charge is -2.29. The van der Waals surface area contributed by atoms with E-state index >= 15 is 0 Å². The minimum Gasteiger partial charge on any atom is -0.431 e. The fourth-order valence-electron chi connectivity index (χ4n) is 3.74. The summed E-state index contributed by atoms with van der Waals surface area (Å²) in [5, 5.41) is 21.7. The molecular formula is C22H40O4. The van der Waals surface area contributed by atoms with Gasteiger partial charge in [-0.15, -0.1) is 0 Å². The van der Waals surface area contributed by atoms with Crippen LogP contribution in [0.15, 0.2) is 24.0 Å². The fraction of sp³-hybridized carbons (Fsp3) is 0.773. The predicted octanol–water partition coefficient (Wildman–Crippen LogP) is 5.43. The van der Waals surface area contributed by atoms with Crippen molar-refractivity contribution >= 4 is 5.97 Å². The second-order valence-electron chi connectivity index (χ2n) is 7.64. The van der Waals surface area contributed by atoms with Gasteiger partial charge in [0.15, 0.2) is 0 Å². The SMILES string of the molecule is C=C(C/C(=C/C(O)(CCC)CCC)OC(C)=O)CC(O)(CCC)CCC. The lowest BCUT2D eigenvalue weighted by atomic mass is 9.85. The molecule has 0 spiro atoms. The fourth-order valence-corrected chi connectivity index (χ4v) is 3.74. The molecule has 0 heterocycles. The first kappa shape index (κ1) is 24.9. The van der Waals surface area contributed by atoms with Crippen molar-refractivity contribution in [1.82, 2.24) is 0 Å². The first-order valence-electron chi connectivity index (χ1n) is 10.1. The van der Waals surface area contributed by atoms with Crippen molar-refractivity contribution in [3.63, 3.8) is 0 Å². The predicted molar refractivity (Wildman–Crippen MR) is 108 cm³/mol. The third-order valence-electron chi connectivity index (χ3n) is 4.50. The largest absolute Gasteiger partial charge is 0.431 e. The van der Waals surface area contributed by atoms with Crippen LogP contribution in [0.4, 0.5) is 0 Å². The summed E-state index contributed by atoms with van der Waals surface area (Å²) in [5.74, 6) is 0.0269. The zero-order valence-electron chi connectivity index (χ0n) is 17.6. The molecule has 0 saturated carbocycles. The van der Waals surface area contributed by atoms with E-state index in [1.54, 1.807) is 6.08 Å². The van der Waals surface area contributed by atoms with Crippen LogP contribution >= 0.6 is 0 Å². The number of esters is 1. The number of rotatable bonds is 14. The first-order valence-corrected chi connectivity index (χ1v) is 10.1. The Labute approximate surface area is 160 Å². The highest BCUT2D eigenvalue weighted by atomic mass is 16.5. The summed E-state index contributed by atoms with van der Waals surface area (Å²) >= 11 is 0. The number of aliphatic hydroxyl groups is 2. The Kier molecular flexibility index (Phi) is 11.8. The molecule has 2 N–H and O–H groups in total. The van der Waals surface area contributed by atoms with Crippen LogP contribution in [-0.4, -0.2) is 27.4 Å². The smallest absolute Gasteiger partial charge is 0.307 e. The standard InChI is InChI=1S/C22H40O4/c1-7-11-21(24,12-8-2)16-18(5)15-20(26-19(6)23)17-22(25,13-9-3)14-10-4/h17,24-25H,5,7-16H2,1-4,6H3/b20-17-. The Morgan fingerprint density at radius 1 is 0.962 bits per heavy atom. The summed E-state index contributed by atoms with van der Waals surface area (Å²) < 4.78 is 5.36. The van der Waals surface area contributed by atoms with E-state index in [9.17, 15) is 15.0 Å². The number of carbonyl (C=O) groups excluding carboxylic acids is 1. The Hall–Kier alpha value is -1.13. The van der Waals surface area contributed by atoms with Gasteiger partial charge >= 0.3 is 5.97 Å². The molecule has 0 aromatic rings. The summed E-state index contributed by atoms with van der Waals surface area (Å²) in [7, 11) is 0. The van der Waals surface area contributed by atoms with E-state index < -0.39 is 17.2 Å². The molecule has 0 unspecified atom stereocenters. The van der Waals surface area contributed by atoms with E-state index in [1.165, 1.54) is 6.92 Å². The van der Waals surface area contributed by atoms with Crippen LogP contribution in [0.1, 0.15) is 98.8 Å². The van der Waals surface area contributed by atoms with Crippen molar-refractivity contribution in [2.45, 2.75) is 110 Å². The lowest BCUT2D eigenvalue weighted by molar-refractivity contribution is -0.137. The Balaban J connectivity index is 5.33. The van der Waals surface area contributed by atoms with Crippen LogP contribution in [0.5, 0.6) is 0 Å². The lowest BCUT2D eigenvalue weighted by Crippen LogP contribution is -2.29. The molecule has 0 aliphatic rings. The van der Waals surface area contributed by atoms with Gasteiger partial charge in [0, 0.05) is 13.3 Å².